The Morgan fingerprint density at radius 1 is 1.12 bits per heavy atom. The largest absolute Gasteiger partial charge is 0.352 e. The van der Waals surface area contributed by atoms with E-state index in [1.165, 1.54) is 18.6 Å². The number of urea groups is 1. The highest BCUT2D eigenvalue weighted by molar-refractivity contribution is 5.84. The molecule has 0 saturated heterocycles. The molecule has 1 aliphatic rings. The number of carbonyl (C=O) groups excluding carboxylic acids is 2. The van der Waals surface area contributed by atoms with Crippen molar-refractivity contribution in [1.29, 1.82) is 0 Å². The van der Waals surface area contributed by atoms with E-state index in [4.69, 9.17) is 0 Å². The molecule has 1 aliphatic carbocycles. The van der Waals surface area contributed by atoms with Gasteiger partial charge in [-0.1, -0.05) is 38.8 Å². The van der Waals surface area contributed by atoms with Gasteiger partial charge in [-0.3, -0.25) is 4.79 Å². The summed E-state index contributed by atoms with van der Waals surface area (Å²) in [6.07, 6.45) is 3.33. The number of hydrogen-bond acceptors (Lipinski definition) is 2. The Balaban J connectivity index is 1.67. The fourth-order valence-electron chi connectivity index (χ4n) is 3.05. The highest BCUT2D eigenvalue weighted by Gasteiger charge is 2.27. The van der Waals surface area contributed by atoms with Crippen molar-refractivity contribution in [3.63, 3.8) is 0 Å². The summed E-state index contributed by atoms with van der Waals surface area (Å²) in [7, 11) is 0. The molecular formula is C18H26FN3O2. The molecule has 3 amide bonds. The number of halogens is 1. The predicted molar refractivity (Wildman–Crippen MR) is 90.7 cm³/mol. The fraction of sp³-hybridized carbons (Fsp3) is 0.556. The minimum absolute atomic E-state index is 0.0488. The second kappa shape index (κ2) is 8.66. The third-order valence-electron chi connectivity index (χ3n) is 4.83. The van der Waals surface area contributed by atoms with Crippen molar-refractivity contribution in [2.45, 2.75) is 45.7 Å². The van der Waals surface area contributed by atoms with E-state index < -0.39 is 6.03 Å². The van der Waals surface area contributed by atoms with Crippen LogP contribution in [0.5, 0.6) is 0 Å². The molecule has 6 heteroatoms. The van der Waals surface area contributed by atoms with Crippen molar-refractivity contribution in [3.05, 3.63) is 35.6 Å². The van der Waals surface area contributed by atoms with Gasteiger partial charge in [0.2, 0.25) is 5.91 Å². The summed E-state index contributed by atoms with van der Waals surface area (Å²) < 4.78 is 12.8. The molecule has 0 aliphatic heterocycles. The third kappa shape index (κ3) is 5.51. The van der Waals surface area contributed by atoms with E-state index in [2.05, 4.69) is 29.8 Å². The summed E-state index contributed by atoms with van der Waals surface area (Å²) in [6, 6.07) is 5.66. The van der Waals surface area contributed by atoms with E-state index in [1.807, 2.05) is 0 Å². The molecule has 0 radical (unpaired) electrons. The van der Waals surface area contributed by atoms with Gasteiger partial charge in [0.25, 0.3) is 0 Å². The number of benzene rings is 1. The monoisotopic (exact) mass is 335 g/mol. The molecule has 5 nitrogen and oxygen atoms in total. The average Bonchev–Trinajstić information content (AvgIpc) is 2.56. The molecule has 132 valence electrons. The van der Waals surface area contributed by atoms with Crippen molar-refractivity contribution in [3.8, 4) is 0 Å². The Labute approximate surface area is 142 Å². The second-order valence-electron chi connectivity index (χ2n) is 6.60. The van der Waals surface area contributed by atoms with E-state index in [1.54, 1.807) is 12.1 Å². The van der Waals surface area contributed by atoms with Gasteiger partial charge in [0, 0.05) is 12.6 Å². The number of nitrogens with one attached hydrogen (secondary N) is 3. The van der Waals surface area contributed by atoms with Crippen molar-refractivity contribution in [1.82, 2.24) is 16.0 Å². The topological polar surface area (TPSA) is 70.2 Å². The van der Waals surface area contributed by atoms with Crippen LogP contribution >= 0.6 is 0 Å². The minimum Gasteiger partial charge on any atom is -0.352 e. The van der Waals surface area contributed by atoms with Gasteiger partial charge < -0.3 is 16.0 Å². The van der Waals surface area contributed by atoms with Crippen LogP contribution in [0, 0.1) is 17.7 Å². The smallest absolute Gasteiger partial charge is 0.315 e. The van der Waals surface area contributed by atoms with Gasteiger partial charge in [0.05, 0.1) is 6.54 Å². The lowest BCUT2D eigenvalue weighted by atomic mass is 9.78. The molecule has 24 heavy (non-hydrogen) atoms. The molecule has 0 spiro atoms. The van der Waals surface area contributed by atoms with Gasteiger partial charge in [-0.15, -0.1) is 0 Å². The molecule has 1 fully saturated rings. The lowest BCUT2D eigenvalue weighted by Crippen LogP contribution is -2.48. The lowest BCUT2D eigenvalue weighted by Gasteiger charge is -2.34. The van der Waals surface area contributed by atoms with Gasteiger partial charge in [-0.25, -0.2) is 9.18 Å². The standard InChI is InChI=1S/C18H26FN3O2/c1-12-4-3-5-16(13(12)2)22-17(23)11-21-18(24)20-10-14-6-8-15(19)9-7-14/h6-9,12-13,16H,3-5,10-11H2,1-2H3,(H,22,23)(H2,20,21,24). The molecule has 0 heterocycles. The quantitative estimate of drug-likeness (QED) is 0.774. The number of rotatable bonds is 5. The van der Waals surface area contributed by atoms with Gasteiger partial charge in [0.15, 0.2) is 0 Å². The van der Waals surface area contributed by atoms with Crippen LogP contribution in [-0.2, 0) is 11.3 Å². The zero-order valence-corrected chi connectivity index (χ0v) is 14.3. The van der Waals surface area contributed by atoms with E-state index in [-0.39, 0.29) is 30.9 Å². The van der Waals surface area contributed by atoms with Crippen LogP contribution in [0.1, 0.15) is 38.7 Å². The Bertz CT molecular complexity index is 562. The normalized spacial score (nSPS) is 23.4. The molecule has 3 unspecified atom stereocenters. The van der Waals surface area contributed by atoms with Crippen LogP contribution in [0.15, 0.2) is 24.3 Å². The third-order valence-corrected chi connectivity index (χ3v) is 4.83. The molecule has 1 aromatic carbocycles. The summed E-state index contributed by atoms with van der Waals surface area (Å²) in [6.45, 7) is 4.61. The Morgan fingerprint density at radius 2 is 1.83 bits per heavy atom. The first-order valence-corrected chi connectivity index (χ1v) is 8.51. The Morgan fingerprint density at radius 3 is 2.54 bits per heavy atom. The van der Waals surface area contributed by atoms with Crippen LogP contribution in [0.3, 0.4) is 0 Å². The van der Waals surface area contributed by atoms with Gasteiger partial charge in [-0.05, 0) is 36.0 Å². The zero-order chi connectivity index (χ0) is 17.5. The van der Waals surface area contributed by atoms with Crippen LogP contribution < -0.4 is 16.0 Å². The van der Waals surface area contributed by atoms with Crippen molar-refractivity contribution in [2.24, 2.45) is 11.8 Å². The van der Waals surface area contributed by atoms with E-state index in [0.29, 0.717) is 11.8 Å². The maximum absolute atomic E-state index is 12.8. The highest BCUT2D eigenvalue weighted by atomic mass is 19.1. The second-order valence-corrected chi connectivity index (χ2v) is 6.60. The van der Waals surface area contributed by atoms with Crippen molar-refractivity contribution < 1.29 is 14.0 Å². The molecule has 3 atom stereocenters. The molecule has 1 aromatic rings. The van der Waals surface area contributed by atoms with Crippen molar-refractivity contribution >= 4 is 11.9 Å². The predicted octanol–water partition coefficient (Wildman–Crippen LogP) is 2.57. The maximum atomic E-state index is 12.8. The molecule has 2 rings (SSSR count). The highest BCUT2D eigenvalue weighted by Crippen LogP contribution is 2.29. The van der Waals surface area contributed by atoms with Gasteiger partial charge in [0.1, 0.15) is 5.82 Å². The average molecular weight is 335 g/mol. The first-order chi connectivity index (χ1) is 11.5. The summed E-state index contributed by atoms with van der Waals surface area (Å²) in [5.41, 5.74) is 0.793. The maximum Gasteiger partial charge on any atom is 0.315 e. The Hall–Kier alpha value is -2.11. The van der Waals surface area contributed by atoms with Gasteiger partial charge >= 0.3 is 6.03 Å². The zero-order valence-electron chi connectivity index (χ0n) is 14.3. The Kier molecular flexibility index (Phi) is 6.58. The number of amides is 3. The molecule has 1 saturated carbocycles. The number of hydrogen-bond donors (Lipinski definition) is 3. The molecular weight excluding hydrogens is 309 g/mol. The molecule has 0 aromatic heterocycles. The summed E-state index contributed by atoms with van der Waals surface area (Å²) >= 11 is 0. The van der Waals surface area contributed by atoms with E-state index in [9.17, 15) is 14.0 Å². The number of carbonyl (C=O) groups is 2. The SMILES string of the molecule is CC1CCCC(NC(=O)CNC(=O)NCc2ccc(F)cc2)C1C. The first kappa shape index (κ1) is 18.2. The van der Waals surface area contributed by atoms with E-state index in [0.717, 1.165) is 18.4 Å². The van der Waals surface area contributed by atoms with Crippen molar-refractivity contribution in [2.75, 3.05) is 6.54 Å². The minimum atomic E-state index is -0.417. The molecule has 3 N–H and O–H groups in total. The molecule has 0 bridgehead atoms. The lowest BCUT2D eigenvalue weighted by molar-refractivity contribution is -0.121. The van der Waals surface area contributed by atoms with Gasteiger partial charge in [-0.2, -0.15) is 0 Å². The van der Waals surface area contributed by atoms with Crippen LogP contribution in [-0.4, -0.2) is 24.5 Å². The van der Waals surface area contributed by atoms with Crippen LogP contribution in [0.25, 0.3) is 0 Å². The fourth-order valence-corrected chi connectivity index (χ4v) is 3.05. The summed E-state index contributed by atoms with van der Waals surface area (Å²) in [5, 5.41) is 8.20. The summed E-state index contributed by atoms with van der Waals surface area (Å²) in [5.74, 6) is 0.579. The van der Waals surface area contributed by atoms with Crippen LogP contribution in [0.4, 0.5) is 9.18 Å². The summed E-state index contributed by atoms with van der Waals surface area (Å²) in [4.78, 5) is 23.7. The van der Waals surface area contributed by atoms with Crippen LogP contribution in [0.2, 0.25) is 0 Å². The van der Waals surface area contributed by atoms with E-state index >= 15 is 0 Å². The first-order valence-electron chi connectivity index (χ1n) is 8.51.